The Morgan fingerprint density at radius 2 is 1.86 bits per heavy atom. The maximum Gasteiger partial charge on any atom is 0.346 e. The van der Waals surface area contributed by atoms with Crippen molar-refractivity contribution < 1.29 is 0 Å². The molecule has 1 aromatic carbocycles. The summed E-state index contributed by atoms with van der Waals surface area (Å²) in [7, 11) is 0. The fourth-order valence-electron chi connectivity index (χ4n) is 2.83. The molecular weight excluding hydrogens is 262 g/mol. The van der Waals surface area contributed by atoms with Gasteiger partial charge in [-0.05, 0) is 29.4 Å². The number of fused-ring (bicyclic) bond motifs is 1. The van der Waals surface area contributed by atoms with Gasteiger partial charge in [-0.15, -0.1) is 0 Å². The van der Waals surface area contributed by atoms with Gasteiger partial charge >= 0.3 is 5.69 Å². The minimum atomic E-state index is 0.0320. The average Bonchev–Trinajstić information content (AvgIpc) is 2.76. The maximum absolute atomic E-state index is 12.3. The highest BCUT2D eigenvalue weighted by Crippen LogP contribution is 2.22. The number of rotatable bonds is 2. The zero-order valence-corrected chi connectivity index (χ0v) is 13.1. The van der Waals surface area contributed by atoms with E-state index in [0.29, 0.717) is 6.54 Å². The lowest BCUT2D eigenvalue weighted by Gasteiger charge is -2.19. The maximum atomic E-state index is 12.3. The van der Waals surface area contributed by atoms with Gasteiger partial charge in [0.1, 0.15) is 5.82 Å². The molecule has 0 fully saturated rings. The first kappa shape index (κ1) is 14.1. The van der Waals surface area contributed by atoms with Crippen LogP contribution in [0.5, 0.6) is 0 Å². The Bertz CT molecular complexity index is 686. The zero-order valence-electron chi connectivity index (χ0n) is 13.1. The van der Waals surface area contributed by atoms with Crippen molar-refractivity contribution in [2.24, 2.45) is 0 Å². The molecule has 0 bridgehead atoms. The van der Waals surface area contributed by atoms with Gasteiger partial charge in [0.2, 0.25) is 0 Å². The molecule has 0 radical (unpaired) electrons. The largest absolute Gasteiger partial charge is 0.346 e. The lowest BCUT2D eigenvalue weighted by atomic mass is 9.87. The van der Waals surface area contributed by atoms with Crippen molar-refractivity contribution in [3.05, 3.63) is 51.7 Å². The molecule has 112 valence electrons. The van der Waals surface area contributed by atoms with Crippen molar-refractivity contribution in [3.8, 4) is 0 Å². The Labute approximate surface area is 125 Å². The first-order valence-electron chi connectivity index (χ1n) is 7.71. The smallest absolute Gasteiger partial charge is 0.279 e. The second-order valence-corrected chi connectivity index (χ2v) is 6.91. The topological polar surface area (TPSA) is 39.8 Å². The lowest BCUT2D eigenvalue weighted by Crippen LogP contribution is -2.27. The van der Waals surface area contributed by atoms with Crippen LogP contribution in [0.4, 0.5) is 0 Å². The third kappa shape index (κ3) is 2.80. The van der Waals surface area contributed by atoms with E-state index in [-0.39, 0.29) is 11.1 Å². The number of hydrogen-bond donors (Lipinski definition) is 0. The molecule has 4 nitrogen and oxygen atoms in total. The number of aryl methyl sites for hydroxylation is 1. The van der Waals surface area contributed by atoms with Gasteiger partial charge in [-0.3, -0.25) is 4.57 Å². The summed E-state index contributed by atoms with van der Waals surface area (Å²) >= 11 is 0. The number of hydrogen-bond acceptors (Lipinski definition) is 2. The van der Waals surface area contributed by atoms with Crippen LogP contribution in [0.25, 0.3) is 0 Å². The molecule has 0 atom stereocenters. The van der Waals surface area contributed by atoms with Crippen molar-refractivity contribution in [3.63, 3.8) is 0 Å². The van der Waals surface area contributed by atoms with Gasteiger partial charge in [0.15, 0.2) is 0 Å². The highest BCUT2D eigenvalue weighted by molar-refractivity contribution is 5.27. The predicted molar refractivity (Wildman–Crippen MR) is 83.7 cm³/mol. The molecule has 0 N–H and O–H groups in total. The van der Waals surface area contributed by atoms with Gasteiger partial charge in [-0.1, -0.05) is 45.0 Å². The summed E-state index contributed by atoms with van der Waals surface area (Å²) in [5.41, 5.74) is 2.62. The van der Waals surface area contributed by atoms with Crippen molar-refractivity contribution in [2.75, 3.05) is 0 Å². The van der Waals surface area contributed by atoms with Crippen LogP contribution in [-0.4, -0.2) is 14.3 Å². The molecule has 3 rings (SSSR count). The van der Waals surface area contributed by atoms with Gasteiger partial charge in [0.25, 0.3) is 0 Å². The third-order valence-corrected chi connectivity index (χ3v) is 4.18. The molecular formula is C17H23N3O. The molecule has 0 spiro atoms. The van der Waals surface area contributed by atoms with Gasteiger partial charge in [0.05, 0.1) is 6.54 Å². The molecule has 0 amide bonds. The molecule has 1 aromatic heterocycles. The van der Waals surface area contributed by atoms with Gasteiger partial charge in [-0.25, -0.2) is 9.48 Å². The summed E-state index contributed by atoms with van der Waals surface area (Å²) in [4.78, 5) is 12.3. The van der Waals surface area contributed by atoms with Crippen molar-refractivity contribution in [1.82, 2.24) is 14.3 Å². The van der Waals surface area contributed by atoms with Crippen molar-refractivity contribution >= 4 is 0 Å². The van der Waals surface area contributed by atoms with E-state index in [2.05, 4.69) is 50.1 Å². The monoisotopic (exact) mass is 285 g/mol. The minimum Gasteiger partial charge on any atom is -0.279 e. The Balaban J connectivity index is 1.84. The average molecular weight is 285 g/mol. The molecule has 0 unspecified atom stereocenters. The van der Waals surface area contributed by atoms with E-state index in [1.165, 1.54) is 5.56 Å². The molecule has 1 aliphatic rings. The van der Waals surface area contributed by atoms with Gasteiger partial charge in [-0.2, -0.15) is 5.10 Å². The molecule has 0 aliphatic carbocycles. The second-order valence-electron chi connectivity index (χ2n) is 6.91. The second kappa shape index (κ2) is 5.17. The third-order valence-electron chi connectivity index (χ3n) is 4.18. The summed E-state index contributed by atoms with van der Waals surface area (Å²) < 4.78 is 3.43. The van der Waals surface area contributed by atoms with Crippen LogP contribution in [0.3, 0.4) is 0 Å². The number of benzene rings is 1. The normalized spacial score (nSPS) is 15.0. The van der Waals surface area contributed by atoms with E-state index in [9.17, 15) is 4.79 Å². The van der Waals surface area contributed by atoms with Gasteiger partial charge in [0, 0.05) is 13.0 Å². The Morgan fingerprint density at radius 1 is 1.14 bits per heavy atom. The van der Waals surface area contributed by atoms with Crippen molar-refractivity contribution in [1.29, 1.82) is 0 Å². The highest BCUT2D eigenvalue weighted by atomic mass is 16.2. The Kier molecular flexibility index (Phi) is 3.47. The number of aromatic nitrogens is 3. The quantitative estimate of drug-likeness (QED) is 0.851. The first-order valence-corrected chi connectivity index (χ1v) is 7.71. The van der Waals surface area contributed by atoms with Crippen LogP contribution in [0.15, 0.2) is 29.1 Å². The molecule has 4 heteroatoms. The Hall–Kier alpha value is -1.84. The van der Waals surface area contributed by atoms with Crippen molar-refractivity contribution in [2.45, 2.75) is 58.5 Å². The van der Waals surface area contributed by atoms with Crippen LogP contribution in [0.1, 0.15) is 50.6 Å². The summed E-state index contributed by atoms with van der Waals surface area (Å²) in [6.45, 7) is 7.99. The first-order chi connectivity index (χ1) is 9.95. The standard InChI is InChI=1S/C17H23N3O/c1-17(2,3)14-9-7-13(8-10-14)12-20-16(21)19-11-5-4-6-15(19)18-20/h7-10H,4-6,11-12H2,1-3H3. The van der Waals surface area contributed by atoms with E-state index in [1.807, 2.05) is 4.57 Å². The van der Waals surface area contributed by atoms with Crippen LogP contribution in [0, 0.1) is 0 Å². The van der Waals surface area contributed by atoms with Gasteiger partial charge < -0.3 is 0 Å². The summed E-state index contributed by atoms with van der Waals surface area (Å²) in [5.74, 6) is 0.942. The zero-order chi connectivity index (χ0) is 15.0. The molecule has 1 aliphatic heterocycles. The van der Waals surface area contributed by atoms with E-state index < -0.39 is 0 Å². The molecule has 21 heavy (non-hydrogen) atoms. The molecule has 2 heterocycles. The predicted octanol–water partition coefficient (Wildman–Crippen LogP) is 2.73. The lowest BCUT2D eigenvalue weighted by molar-refractivity contribution is 0.511. The molecule has 0 saturated carbocycles. The summed E-state index contributed by atoms with van der Waals surface area (Å²) in [6, 6.07) is 8.50. The van der Waals surface area contributed by atoms with E-state index >= 15 is 0 Å². The van der Waals surface area contributed by atoms with E-state index in [0.717, 1.165) is 37.2 Å². The van der Waals surface area contributed by atoms with E-state index in [1.54, 1.807) is 4.68 Å². The van der Waals surface area contributed by atoms with E-state index in [4.69, 9.17) is 0 Å². The van der Waals surface area contributed by atoms with Crippen LogP contribution in [0.2, 0.25) is 0 Å². The molecule has 2 aromatic rings. The van der Waals surface area contributed by atoms with Crippen LogP contribution in [-0.2, 0) is 24.9 Å². The van der Waals surface area contributed by atoms with Crippen LogP contribution < -0.4 is 5.69 Å². The fraction of sp³-hybridized carbons (Fsp3) is 0.529. The Morgan fingerprint density at radius 3 is 2.48 bits per heavy atom. The van der Waals surface area contributed by atoms with Crippen LogP contribution >= 0.6 is 0 Å². The summed E-state index contributed by atoms with van der Waals surface area (Å²) in [5, 5.41) is 4.48. The summed E-state index contributed by atoms with van der Waals surface area (Å²) in [6.07, 6.45) is 3.14. The highest BCUT2D eigenvalue weighted by Gasteiger charge is 2.17. The SMILES string of the molecule is CC(C)(C)c1ccc(Cn2nc3n(c2=O)CCCC3)cc1. The minimum absolute atomic E-state index is 0.0320. The number of nitrogens with zero attached hydrogens (tertiary/aromatic N) is 3. The fourth-order valence-corrected chi connectivity index (χ4v) is 2.83. The molecule has 0 saturated heterocycles.